The third kappa shape index (κ3) is 3.17. The molecule has 3 rings (SSSR count). The van der Waals surface area contributed by atoms with Gasteiger partial charge in [0, 0.05) is 23.3 Å². The molecule has 26 heavy (non-hydrogen) atoms. The smallest absolute Gasteiger partial charge is 0.0452 e. The van der Waals surface area contributed by atoms with E-state index in [0.29, 0.717) is 0 Å². The summed E-state index contributed by atoms with van der Waals surface area (Å²) in [6, 6.07) is 14.3. The summed E-state index contributed by atoms with van der Waals surface area (Å²) in [7, 11) is 0. The monoisotopic (exact) mass is 349 g/mol. The first kappa shape index (κ1) is 19.0. The fourth-order valence-corrected chi connectivity index (χ4v) is 4.77. The molecule has 1 nitrogen and oxygen atoms in total. The van der Waals surface area contributed by atoms with Gasteiger partial charge in [-0.2, -0.15) is 0 Å². The molecular formula is C25H35N. The Hall–Kier alpha value is -1.76. The lowest BCUT2D eigenvalue weighted by Gasteiger charge is -2.46. The second-order valence-electron chi connectivity index (χ2n) is 8.07. The van der Waals surface area contributed by atoms with Crippen molar-refractivity contribution in [2.45, 2.75) is 78.6 Å². The van der Waals surface area contributed by atoms with Gasteiger partial charge in [-0.15, -0.1) is 0 Å². The summed E-state index contributed by atoms with van der Waals surface area (Å²) in [4.78, 5) is 2.53. The highest BCUT2D eigenvalue weighted by molar-refractivity contribution is 5.78. The highest BCUT2D eigenvalue weighted by Gasteiger charge is 2.42. The van der Waals surface area contributed by atoms with Gasteiger partial charge in [-0.25, -0.2) is 0 Å². The molecule has 0 fully saturated rings. The number of aryl methyl sites for hydroxylation is 2. The molecule has 0 saturated heterocycles. The first-order valence-corrected chi connectivity index (χ1v) is 10.6. The molecule has 1 heteroatoms. The van der Waals surface area contributed by atoms with Crippen LogP contribution < -0.4 is 4.90 Å². The number of benzene rings is 2. The maximum absolute atomic E-state index is 2.53. The molecule has 140 valence electrons. The lowest BCUT2D eigenvalue weighted by atomic mass is 9.64. The SMILES string of the molecule is CCCCC1(CCCC)c2cc(C)ccc2N(CC)c2ccc(C)cc21. The van der Waals surface area contributed by atoms with Gasteiger partial charge in [0.15, 0.2) is 0 Å². The van der Waals surface area contributed by atoms with Gasteiger partial charge < -0.3 is 4.90 Å². The molecule has 1 aliphatic heterocycles. The maximum atomic E-state index is 2.53. The Balaban J connectivity index is 2.30. The molecule has 0 saturated carbocycles. The van der Waals surface area contributed by atoms with E-state index in [9.17, 15) is 0 Å². The molecule has 0 N–H and O–H groups in total. The van der Waals surface area contributed by atoms with Crippen LogP contribution in [0, 0.1) is 13.8 Å². The average molecular weight is 350 g/mol. The zero-order valence-corrected chi connectivity index (χ0v) is 17.4. The molecule has 0 atom stereocenters. The fourth-order valence-electron chi connectivity index (χ4n) is 4.77. The van der Waals surface area contributed by atoms with Crippen LogP contribution in [0.25, 0.3) is 0 Å². The summed E-state index contributed by atoms with van der Waals surface area (Å²) < 4.78 is 0. The number of hydrogen-bond donors (Lipinski definition) is 0. The Morgan fingerprint density at radius 1 is 0.731 bits per heavy atom. The molecule has 0 unspecified atom stereocenters. The van der Waals surface area contributed by atoms with Crippen molar-refractivity contribution in [1.82, 2.24) is 0 Å². The van der Waals surface area contributed by atoms with Gasteiger partial charge in [-0.05, 0) is 56.9 Å². The maximum Gasteiger partial charge on any atom is 0.0452 e. The van der Waals surface area contributed by atoms with Crippen LogP contribution >= 0.6 is 0 Å². The number of hydrogen-bond acceptors (Lipinski definition) is 1. The number of anilines is 2. The second-order valence-corrected chi connectivity index (χ2v) is 8.07. The van der Waals surface area contributed by atoms with Crippen LogP contribution in [0.3, 0.4) is 0 Å². The Bertz CT molecular complexity index is 695. The predicted octanol–water partition coefficient (Wildman–Crippen LogP) is 7.44. The average Bonchev–Trinajstić information content (AvgIpc) is 2.65. The largest absolute Gasteiger partial charge is 0.341 e. The zero-order chi connectivity index (χ0) is 18.7. The van der Waals surface area contributed by atoms with Crippen LogP contribution in [-0.2, 0) is 5.41 Å². The van der Waals surface area contributed by atoms with E-state index >= 15 is 0 Å². The van der Waals surface area contributed by atoms with Crippen LogP contribution in [0.4, 0.5) is 11.4 Å². The van der Waals surface area contributed by atoms with Gasteiger partial charge >= 0.3 is 0 Å². The van der Waals surface area contributed by atoms with Crippen molar-refractivity contribution < 1.29 is 0 Å². The van der Waals surface area contributed by atoms with Gasteiger partial charge in [-0.3, -0.25) is 0 Å². The van der Waals surface area contributed by atoms with Gasteiger partial charge in [0.1, 0.15) is 0 Å². The predicted molar refractivity (Wildman–Crippen MR) is 115 cm³/mol. The van der Waals surface area contributed by atoms with Gasteiger partial charge in [-0.1, -0.05) is 74.9 Å². The standard InChI is InChI=1S/C25H35N/c1-6-9-15-25(16-10-7-2)21-17-19(4)11-13-23(21)26(8-3)24-14-12-20(5)18-22(24)25/h11-14,17-18H,6-10,15-16H2,1-5H3. The minimum absolute atomic E-state index is 0.167. The summed E-state index contributed by atoms with van der Waals surface area (Å²) >= 11 is 0. The van der Waals surface area contributed by atoms with Crippen molar-refractivity contribution >= 4 is 11.4 Å². The Morgan fingerprint density at radius 3 is 1.58 bits per heavy atom. The van der Waals surface area contributed by atoms with E-state index in [1.54, 1.807) is 11.1 Å². The van der Waals surface area contributed by atoms with Crippen molar-refractivity contribution in [3.63, 3.8) is 0 Å². The first-order chi connectivity index (χ1) is 12.6. The van der Waals surface area contributed by atoms with Gasteiger partial charge in [0.25, 0.3) is 0 Å². The van der Waals surface area contributed by atoms with Crippen LogP contribution in [0.1, 0.15) is 81.5 Å². The number of rotatable bonds is 7. The van der Waals surface area contributed by atoms with Gasteiger partial charge in [0.05, 0.1) is 0 Å². The lowest BCUT2D eigenvalue weighted by Crippen LogP contribution is -2.37. The van der Waals surface area contributed by atoms with Gasteiger partial charge in [0.2, 0.25) is 0 Å². The molecule has 0 bridgehead atoms. The Labute approximate surface area is 160 Å². The first-order valence-electron chi connectivity index (χ1n) is 10.6. The molecule has 0 radical (unpaired) electrons. The minimum Gasteiger partial charge on any atom is -0.341 e. The molecule has 0 amide bonds. The molecular weight excluding hydrogens is 314 g/mol. The number of unbranched alkanes of at least 4 members (excludes halogenated alkanes) is 2. The molecule has 0 aliphatic carbocycles. The number of nitrogens with zero attached hydrogens (tertiary/aromatic N) is 1. The molecule has 0 spiro atoms. The van der Waals surface area contributed by atoms with E-state index in [2.05, 4.69) is 75.9 Å². The summed E-state index contributed by atoms with van der Waals surface area (Å²) in [5.74, 6) is 0. The highest BCUT2D eigenvalue weighted by Crippen LogP contribution is 2.54. The number of fused-ring (bicyclic) bond motifs is 2. The normalized spacial score (nSPS) is 14.9. The van der Waals surface area contributed by atoms with E-state index in [4.69, 9.17) is 0 Å². The highest BCUT2D eigenvalue weighted by atomic mass is 15.1. The fraction of sp³-hybridized carbons (Fsp3) is 0.520. The summed E-state index contributed by atoms with van der Waals surface area (Å²) in [5, 5.41) is 0. The molecule has 1 aliphatic rings. The van der Waals surface area contributed by atoms with Crippen molar-refractivity contribution in [1.29, 1.82) is 0 Å². The van der Waals surface area contributed by atoms with Crippen molar-refractivity contribution in [2.75, 3.05) is 11.4 Å². The Morgan fingerprint density at radius 2 is 1.19 bits per heavy atom. The van der Waals surface area contributed by atoms with E-state index in [0.717, 1.165) is 6.54 Å². The third-order valence-corrected chi connectivity index (χ3v) is 6.15. The zero-order valence-electron chi connectivity index (χ0n) is 17.4. The van der Waals surface area contributed by atoms with E-state index in [-0.39, 0.29) is 5.41 Å². The minimum atomic E-state index is 0.167. The van der Waals surface area contributed by atoms with Crippen molar-refractivity contribution in [3.8, 4) is 0 Å². The Kier molecular flexibility index (Phi) is 5.75. The molecule has 2 aromatic rings. The van der Waals surface area contributed by atoms with E-state index in [1.807, 2.05) is 0 Å². The summed E-state index contributed by atoms with van der Waals surface area (Å²) in [6.45, 7) is 12.4. The van der Waals surface area contributed by atoms with Crippen LogP contribution in [0.2, 0.25) is 0 Å². The quantitative estimate of drug-likeness (QED) is 0.502. The molecule has 0 aromatic heterocycles. The van der Waals surface area contributed by atoms with E-state index in [1.165, 1.54) is 61.0 Å². The second kappa shape index (κ2) is 7.86. The van der Waals surface area contributed by atoms with Crippen molar-refractivity contribution in [2.24, 2.45) is 0 Å². The van der Waals surface area contributed by atoms with Crippen LogP contribution in [0.5, 0.6) is 0 Å². The molecule has 1 heterocycles. The molecule has 2 aromatic carbocycles. The lowest BCUT2D eigenvalue weighted by molar-refractivity contribution is 0.402. The topological polar surface area (TPSA) is 3.24 Å². The van der Waals surface area contributed by atoms with Crippen molar-refractivity contribution in [3.05, 3.63) is 58.7 Å². The van der Waals surface area contributed by atoms with Crippen LogP contribution in [0.15, 0.2) is 36.4 Å². The summed E-state index contributed by atoms with van der Waals surface area (Å²) in [5.41, 5.74) is 8.93. The third-order valence-electron chi connectivity index (χ3n) is 6.15. The van der Waals surface area contributed by atoms with E-state index < -0.39 is 0 Å². The van der Waals surface area contributed by atoms with Crippen LogP contribution in [-0.4, -0.2) is 6.54 Å². The summed E-state index contributed by atoms with van der Waals surface area (Å²) in [6.07, 6.45) is 7.61.